The van der Waals surface area contributed by atoms with Crippen molar-refractivity contribution in [1.29, 1.82) is 0 Å². The Bertz CT molecular complexity index is 319. The molecule has 0 spiro atoms. The predicted octanol–water partition coefficient (Wildman–Crippen LogP) is 0.241. The van der Waals surface area contributed by atoms with Crippen LogP contribution < -0.4 is 0 Å². The zero-order valence-electron chi connectivity index (χ0n) is 9.83. The third-order valence-electron chi connectivity index (χ3n) is 3.19. The molecule has 0 aliphatic carbocycles. The van der Waals surface area contributed by atoms with E-state index in [1.54, 1.807) is 0 Å². The lowest BCUT2D eigenvalue weighted by atomic mass is 10.1. The van der Waals surface area contributed by atoms with Crippen molar-refractivity contribution < 1.29 is 14.9 Å². The van der Waals surface area contributed by atoms with E-state index < -0.39 is 0 Å². The van der Waals surface area contributed by atoms with Crippen LogP contribution in [0.4, 0.5) is 0 Å². The Morgan fingerprint density at radius 2 is 1.65 bits per heavy atom. The molecule has 17 heavy (non-hydrogen) atoms. The average Bonchev–Trinajstić information content (AvgIpc) is 2.40. The first kappa shape index (κ1) is 12.5. The summed E-state index contributed by atoms with van der Waals surface area (Å²) in [6.07, 6.45) is 0. The average molecular weight is 237 g/mol. The van der Waals surface area contributed by atoms with Gasteiger partial charge in [0.2, 0.25) is 0 Å². The van der Waals surface area contributed by atoms with Crippen LogP contribution >= 0.6 is 0 Å². The molecule has 0 radical (unpaired) electrons. The third kappa shape index (κ3) is 3.04. The minimum absolute atomic E-state index is 0.0268. The first-order valence-electron chi connectivity index (χ1n) is 5.94. The van der Waals surface area contributed by atoms with E-state index in [1.807, 2.05) is 18.2 Å². The first-order chi connectivity index (χ1) is 8.35. The van der Waals surface area contributed by atoms with Gasteiger partial charge >= 0.3 is 0 Å². The molecule has 1 aromatic rings. The number of benzene rings is 1. The molecular formula is C13H19NO3. The van der Waals surface area contributed by atoms with Crippen LogP contribution in [-0.2, 0) is 11.3 Å². The van der Waals surface area contributed by atoms with Crippen LogP contribution in [0, 0.1) is 0 Å². The Morgan fingerprint density at radius 3 is 2.18 bits per heavy atom. The predicted molar refractivity (Wildman–Crippen MR) is 64.6 cm³/mol. The topological polar surface area (TPSA) is 52.9 Å². The smallest absolute Gasteiger partial charge is 0.0645 e. The molecular weight excluding hydrogens is 218 g/mol. The number of ether oxygens (including phenoxy) is 1. The summed E-state index contributed by atoms with van der Waals surface area (Å²) >= 11 is 0. The van der Waals surface area contributed by atoms with Gasteiger partial charge in [-0.25, -0.2) is 0 Å². The van der Waals surface area contributed by atoms with Gasteiger partial charge in [0.1, 0.15) is 0 Å². The van der Waals surface area contributed by atoms with Crippen LogP contribution in [0.3, 0.4) is 0 Å². The molecule has 2 rings (SSSR count). The lowest BCUT2D eigenvalue weighted by molar-refractivity contribution is -0.0829. The van der Waals surface area contributed by atoms with Crippen molar-refractivity contribution in [3.05, 3.63) is 35.9 Å². The van der Waals surface area contributed by atoms with Crippen molar-refractivity contribution >= 4 is 0 Å². The molecule has 1 fully saturated rings. The molecule has 4 nitrogen and oxygen atoms in total. The highest BCUT2D eigenvalue weighted by Crippen LogP contribution is 2.17. The molecule has 0 aromatic heterocycles. The number of nitrogens with zero attached hydrogens (tertiary/aromatic N) is 1. The highest BCUT2D eigenvalue weighted by molar-refractivity contribution is 5.15. The van der Waals surface area contributed by atoms with Gasteiger partial charge in [0, 0.05) is 6.54 Å². The summed E-state index contributed by atoms with van der Waals surface area (Å²) in [5, 5.41) is 18.7. The van der Waals surface area contributed by atoms with Gasteiger partial charge in [0.15, 0.2) is 0 Å². The zero-order valence-corrected chi connectivity index (χ0v) is 9.83. The molecule has 2 N–H and O–H groups in total. The lowest BCUT2D eigenvalue weighted by Gasteiger charge is -2.40. The summed E-state index contributed by atoms with van der Waals surface area (Å²) in [5.41, 5.74) is 1.19. The molecule has 1 heterocycles. The number of aliphatic hydroxyl groups excluding tert-OH is 2. The maximum atomic E-state index is 9.35. The summed E-state index contributed by atoms with van der Waals surface area (Å²) < 4.78 is 5.38. The van der Waals surface area contributed by atoms with Crippen LogP contribution in [0.5, 0.6) is 0 Å². The van der Waals surface area contributed by atoms with E-state index in [0.717, 1.165) is 6.54 Å². The van der Waals surface area contributed by atoms with Crippen LogP contribution in [0.25, 0.3) is 0 Å². The van der Waals surface area contributed by atoms with Gasteiger partial charge in [-0.2, -0.15) is 0 Å². The summed E-state index contributed by atoms with van der Waals surface area (Å²) in [5.74, 6) is 0. The molecule has 0 bridgehead atoms. The quantitative estimate of drug-likeness (QED) is 0.787. The largest absolute Gasteiger partial charge is 0.395 e. The molecule has 2 atom stereocenters. The van der Waals surface area contributed by atoms with E-state index in [9.17, 15) is 10.2 Å². The summed E-state index contributed by atoms with van der Waals surface area (Å²) in [6.45, 7) is 1.91. The standard InChI is InChI=1S/C13H19NO3/c15-7-12-9-17-10-13(8-16)14(12)6-11-4-2-1-3-5-11/h1-5,12-13,15-16H,6-10H2/t12-,13-/m1/s1. The van der Waals surface area contributed by atoms with Gasteiger partial charge in [-0.1, -0.05) is 30.3 Å². The second kappa shape index (κ2) is 6.12. The van der Waals surface area contributed by atoms with Crippen LogP contribution in [-0.4, -0.2) is 53.6 Å². The summed E-state index contributed by atoms with van der Waals surface area (Å²) in [6, 6.07) is 10.0. The van der Waals surface area contributed by atoms with Gasteiger partial charge in [0.25, 0.3) is 0 Å². The van der Waals surface area contributed by atoms with E-state index in [2.05, 4.69) is 17.0 Å². The fourth-order valence-electron chi connectivity index (χ4n) is 2.20. The second-order valence-corrected chi connectivity index (χ2v) is 4.37. The van der Waals surface area contributed by atoms with Gasteiger partial charge in [0.05, 0.1) is 38.5 Å². The molecule has 1 aliphatic heterocycles. The summed E-state index contributed by atoms with van der Waals surface area (Å²) in [7, 11) is 0. The van der Waals surface area contributed by atoms with Crippen molar-refractivity contribution in [2.24, 2.45) is 0 Å². The van der Waals surface area contributed by atoms with E-state index in [-0.39, 0.29) is 25.3 Å². The van der Waals surface area contributed by atoms with E-state index in [0.29, 0.717) is 13.2 Å². The van der Waals surface area contributed by atoms with Gasteiger partial charge in [-0.15, -0.1) is 0 Å². The van der Waals surface area contributed by atoms with Crippen molar-refractivity contribution in [2.75, 3.05) is 26.4 Å². The Kier molecular flexibility index (Phi) is 4.50. The molecule has 1 saturated heterocycles. The maximum Gasteiger partial charge on any atom is 0.0645 e. The Balaban J connectivity index is 2.08. The van der Waals surface area contributed by atoms with Crippen molar-refractivity contribution in [3.63, 3.8) is 0 Å². The first-order valence-corrected chi connectivity index (χ1v) is 5.94. The molecule has 0 unspecified atom stereocenters. The number of hydrogen-bond donors (Lipinski definition) is 2. The van der Waals surface area contributed by atoms with Crippen LogP contribution in [0.15, 0.2) is 30.3 Å². The third-order valence-corrected chi connectivity index (χ3v) is 3.19. The van der Waals surface area contributed by atoms with Crippen molar-refractivity contribution in [1.82, 2.24) is 4.90 Å². The molecule has 1 aromatic carbocycles. The minimum atomic E-state index is -0.0268. The van der Waals surface area contributed by atoms with Crippen LogP contribution in [0.2, 0.25) is 0 Å². The second-order valence-electron chi connectivity index (χ2n) is 4.37. The number of rotatable bonds is 4. The van der Waals surface area contributed by atoms with E-state index >= 15 is 0 Å². The van der Waals surface area contributed by atoms with Crippen molar-refractivity contribution in [2.45, 2.75) is 18.6 Å². The van der Waals surface area contributed by atoms with E-state index in [4.69, 9.17) is 4.74 Å². The minimum Gasteiger partial charge on any atom is -0.395 e. The summed E-state index contributed by atoms with van der Waals surface area (Å²) in [4.78, 5) is 2.12. The Morgan fingerprint density at radius 1 is 1.06 bits per heavy atom. The number of aliphatic hydroxyl groups is 2. The van der Waals surface area contributed by atoms with Crippen molar-refractivity contribution in [3.8, 4) is 0 Å². The van der Waals surface area contributed by atoms with E-state index in [1.165, 1.54) is 5.56 Å². The number of morpholine rings is 1. The zero-order chi connectivity index (χ0) is 12.1. The lowest BCUT2D eigenvalue weighted by Crippen LogP contribution is -2.54. The van der Waals surface area contributed by atoms with Gasteiger partial charge in [-0.3, -0.25) is 4.90 Å². The Hall–Kier alpha value is -0.940. The number of hydrogen-bond acceptors (Lipinski definition) is 4. The molecule has 4 heteroatoms. The maximum absolute atomic E-state index is 9.35. The van der Waals surface area contributed by atoms with Gasteiger partial charge in [-0.05, 0) is 5.56 Å². The molecule has 1 aliphatic rings. The normalized spacial score (nSPS) is 26.0. The molecule has 0 amide bonds. The van der Waals surface area contributed by atoms with Crippen LogP contribution in [0.1, 0.15) is 5.56 Å². The fourth-order valence-corrected chi connectivity index (χ4v) is 2.20. The van der Waals surface area contributed by atoms with Gasteiger partial charge < -0.3 is 14.9 Å². The highest BCUT2D eigenvalue weighted by atomic mass is 16.5. The molecule has 94 valence electrons. The monoisotopic (exact) mass is 237 g/mol. The Labute approximate surface area is 101 Å². The highest BCUT2D eigenvalue weighted by Gasteiger charge is 2.30. The SMILES string of the molecule is OC[C@@H]1COC[C@@H](CO)N1Cc1ccccc1. The fraction of sp³-hybridized carbons (Fsp3) is 0.538. The molecule has 0 saturated carbocycles.